The van der Waals surface area contributed by atoms with E-state index in [0.29, 0.717) is 6.04 Å². The van der Waals surface area contributed by atoms with Crippen LogP contribution in [0.25, 0.3) is 0 Å². The maximum atomic E-state index is 4.74. The maximum Gasteiger partial charge on any atom is 0.185 e. The summed E-state index contributed by atoms with van der Waals surface area (Å²) in [5.74, 6) is 0. The highest BCUT2D eigenvalue weighted by Gasteiger charge is 2.20. The minimum absolute atomic E-state index is 0.695. The summed E-state index contributed by atoms with van der Waals surface area (Å²) in [5.41, 5.74) is 1.19. The van der Waals surface area contributed by atoms with Gasteiger partial charge in [-0.25, -0.2) is 4.98 Å². The first-order valence-corrected chi connectivity index (χ1v) is 7.87. The van der Waals surface area contributed by atoms with Crippen LogP contribution in [0, 0.1) is 6.92 Å². The average molecular weight is 267 g/mol. The molecule has 2 rings (SSSR count). The summed E-state index contributed by atoms with van der Waals surface area (Å²) in [5, 5.41) is 4.42. The maximum absolute atomic E-state index is 4.74. The molecule has 0 amide bonds. The molecular formula is C14H25N3S. The third-order valence-electron chi connectivity index (χ3n) is 3.89. The van der Waals surface area contributed by atoms with Crippen molar-refractivity contribution in [1.82, 2.24) is 10.3 Å². The Morgan fingerprint density at radius 2 is 1.94 bits per heavy atom. The second kappa shape index (κ2) is 6.53. The number of nitrogens with one attached hydrogen (secondary N) is 1. The molecule has 0 spiro atoms. The van der Waals surface area contributed by atoms with Gasteiger partial charge in [0, 0.05) is 24.5 Å². The van der Waals surface area contributed by atoms with E-state index in [1.165, 1.54) is 54.2 Å². The predicted molar refractivity (Wildman–Crippen MR) is 79.5 cm³/mol. The zero-order chi connectivity index (χ0) is 13.0. The average Bonchev–Trinajstić information content (AvgIpc) is 2.58. The molecule has 0 unspecified atom stereocenters. The van der Waals surface area contributed by atoms with Crippen LogP contribution in [0.15, 0.2) is 0 Å². The lowest BCUT2D eigenvalue weighted by Gasteiger charge is -2.26. The molecule has 1 saturated carbocycles. The van der Waals surface area contributed by atoms with Crippen molar-refractivity contribution in [2.24, 2.45) is 0 Å². The topological polar surface area (TPSA) is 28.2 Å². The third-order valence-corrected chi connectivity index (χ3v) is 5.14. The second-order valence-corrected chi connectivity index (χ2v) is 6.35. The highest BCUT2D eigenvalue weighted by atomic mass is 32.1. The van der Waals surface area contributed by atoms with E-state index in [4.69, 9.17) is 4.98 Å². The van der Waals surface area contributed by atoms with Crippen LogP contribution in [-0.2, 0) is 6.54 Å². The molecule has 0 radical (unpaired) electrons. The second-order valence-electron chi connectivity index (χ2n) is 5.29. The zero-order valence-electron chi connectivity index (χ0n) is 11.8. The smallest absolute Gasteiger partial charge is 0.185 e. The first kappa shape index (κ1) is 13.8. The Kier molecular flexibility index (Phi) is 5.01. The van der Waals surface area contributed by atoms with E-state index in [-0.39, 0.29) is 0 Å². The van der Waals surface area contributed by atoms with Crippen LogP contribution in [-0.4, -0.2) is 25.1 Å². The van der Waals surface area contributed by atoms with Gasteiger partial charge in [-0.05, 0) is 26.8 Å². The summed E-state index contributed by atoms with van der Waals surface area (Å²) in [6, 6.07) is 0.695. The fourth-order valence-corrected chi connectivity index (χ4v) is 3.80. The van der Waals surface area contributed by atoms with Gasteiger partial charge >= 0.3 is 0 Å². The molecule has 1 N–H and O–H groups in total. The number of hydrogen-bond acceptors (Lipinski definition) is 4. The summed E-state index contributed by atoms with van der Waals surface area (Å²) < 4.78 is 0. The minimum atomic E-state index is 0.695. The van der Waals surface area contributed by atoms with Gasteiger partial charge in [-0.1, -0.05) is 25.7 Å². The Hall–Kier alpha value is -0.610. The largest absolute Gasteiger partial charge is 0.348 e. The SMILES string of the molecule is CNCc1sc(N(C)C2CCCCCC2)nc1C. The summed E-state index contributed by atoms with van der Waals surface area (Å²) in [6.45, 7) is 3.05. The van der Waals surface area contributed by atoms with Gasteiger partial charge in [0.05, 0.1) is 5.69 Å². The van der Waals surface area contributed by atoms with E-state index in [1.807, 2.05) is 18.4 Å². The number of nitrogens with zero attached hydrogens (tertiary/aromatic N) is 2. The van der Waals surface area contributed by atoms with Crippen LogP contribution in [0.1, 0.15) is 49.1 Å². The van der Waals surface area contributed by atoms with Crippen LogP contribution in [0.3, 0.4) is 0 Å². The quantitative estimate of drug-likeness (QED) is 0.848. The van der Waals surface area contributed by atoms with Gasteiger partial charge in [-0.3, -0.25) is 0 Å². The van der Waals surface area contributed by atoms with E-state index in [2.05, 4.69) is 24.2 Å². The van der Waals surface area contributed by atoms with Crippen LogP contribution in [0.2, 0.25) is 0 Å². The molecule has 18 heavy (non-hydrogen) atoms. The molecule has 1 aliphatic carbocycles. The van der Waals surface area contributed by atoms with Crippen LogP contribution < -0.4 is 10.2 Å². The minimum Gasteiger partial charge on any atom is -0.348 e. The van der Waals surface area contributed by atoms with Gasteiger partial charge in [0.1, 0.15) is 0 Å². The third kappa shape index (κ3) is 3.23. The van der Waals surface area contributed by atoms with E-state index in [9.17, 15) is 0 Å². The lowest BCUT2D eigenvalue weighted by molar-refractivity contribution is 0.552. The first-order valence-electron chi connectivity index (χ1n) is 7.06. The van der Waals surface area contributed by atoms with Crippen LogP contribution in [0.4, 0.5) is 5.13 Å². The molecule has 102 valence electrons. The Labute approximate surface area is 115 Å². The molecule has 1 heterocycles. The number of anilines is 1. The normalized spacial score (nSPS) is 17.7. The molecule has 1 aliphatic rings. The molecule has 4 heteroatoms. The molecule has 0 atom stereocenters. The molecule has 0 bridgehead atoms. The summed E-state index contributed by atoms with van der Waals surface area (Å²) >= 11 is 1.84. The standard InChI is InChI=1S/C14H25N3S/c1-11-13(10-15-2)18-14(16-11)17(3)12-8-6-4-5-7-9-12/h12,15H,4-10H2,1-3H3. The number of hydrogen-bond donors (Lipinski definition) is 1. The molecular weight excluding hydrogens is 242 g/mol. The van der Waals surface area contributed by atoms with Crippen LogP contribution in [0.5, 0.6) is 0 Å². The molecule has 1 aromatic heterocycles. The Morgan fingerprint density at radius 1 is 1.28 bits per heavy atom. The molecule has 0 aromatic carbocycles. The predicted octanol–water partition coefficient (Wildman–Crippen LogP) is 3.33. The first-order chi connectivity index (χ1) is 8.72. The highest BCUT2D eigenvalue weighted by Crippen LogP contribution is 2.30. The van der Waals surface area contributed by atoms with Gasteiger partial charge in [-0.2, -0.15) is 0 Å². The van der Waals surface area contributed by atoms with E-state index in [0.717, 1.165) is 6.54 Å². The monoisotopic (exact) mass is 267 g/mol. The number of aryl methyl sites for hydroxylation is 1. The van der Waals surface area contributed by atoms with Crippen molar-refractivity contribution in [2.75, 3.05) is 19.0 Å². The molecule has 3 nitrogen and oxygen atoms in total. The fraction of sp³-hybridized carbons (Fsp3) is 0.786. The molecule has 0 aliphatic heterocycles. The van der Waals surface area contributed by atoms with Gasteiger partial charge < -0.3 is 10.2 Å². The van der Waals surface area contributed by atoms with Crippen molar-refractivity contribution in [3.63, 3.8) is 0 Å². The van der Waals surface area contributed by atoms with Gasteiger partial charge in [-0.15, -0.1) is 11.3 Å². The summed E-state index contributed by atoms with van der Waals surface area (Å²) in [6.07, 6.45) is 8.23. The van der Waals surface area contributed by atoms with E-state index in [1.54, 1.807) is 0 Å². The lowest BCUT2D eigenvalue weighted by atomic mass is 10.1. The van der Waals surface area contributed by atoms with Gasteiger partial charge in [0.15, 0.2) is 5.13 Å². The zero-order valence-corrected chi connectivity index (χ0v) is 12.6. The van der Waals surface area contributed by atoms with Gasteiger partial charge in [0.2, 0.25) is 0 Å². The van der Waals surface area contributed by atoms with Crippen molar-refractivity contribution in [2.45, 2.75) is 58.0 Å². The van der Waals surface area contributed by atoms with Gasteiger partial charge in [0.25, 0.3) is 0 Å². The summed E-state index contributed by atoms with van der Waals surface area (Å²) in [4.78, 5) is 8.53. The summed E-state index contributed by atoms with van der Waals surface area (Å²) in [7, 11) is 4.21. The van der Waals surface area contributed by atoms with Crippen molar-refractivity contribution in [1.29, 1.82) is 0 Å². The number of thiazole rings is 1. The Balaban J connectivity index is 2.07. The number of aromatic nitrogens is 1. The Bertz CT molecular complexity index is 367. The van der Waals surface area contributed by atoms with E-state index >= 15 is 0 Å². The highest BCUT2D eigenvalue weighted by molar-refractivity contribution is 7.15. The van der Waals surface area contributed by atoms with Crippen molar-refractivity contribution >= 4 is 16.5 Å². The van der Waals surface area contributed by atoms with Crippen molar-refractivity contribution < 1.29 is 0 Å². The molecule has 1 aromatic rings. The molecule has 1 fully saturated rings. The van der Waals surface area contributed by atoms with Crippen LogP contribution >= 0.6 is 11.3 Å². The number of rotatable bonds is 4. The lowest BCUT2D eigenvalue weighted by Crippen LogP contribution is -2.30. The van der Waals surface area contributed by atoms with E-state index < -0.39 is 0 Å². The molecule has 0 saturated heterocycles. The fourth-order valence-electron chi connectivity index (χ4n) is 2.69. The van der Waals surface area contributed by atoms with Crippen molar-refractivity contribution in [3.05, 3.63) is 10.6 Å². The Morgan fingerprint density at radius 3 is 2.56 bits per heavy atom. The van der Waals surface area contributed by atoms with Crippen molar-refractivity contribution in [3.8, 4) is 0 Å².